The molecule has 2 N–H and O–H groups in total. The summed E-state index contributed by atoms with van der Waals surface area (Å²) >= 11 is 0. The molecule has 0 saturated heterocycles. The van der Waals surface area contributed by atoms with Gasteiger partial charge >= 0.3 is 5.97 Å². The molecule has 2 rings (SSSR count). The Kier molecular flexibility index (Phi) is 5.62. The number of rotatable bonds is 4. The van der Waals surface area contributed by atoms with Gasteiger partial charge in [0.05, 0.1) is 5.92 Å². The SMILES string of the molecule is O=C(CC1=CCCCC1)N[C@H]1CCCCC[C@H]1C(=O)O. The second-order valence-corrected chi connectivity index (χ2v) is 6.04. The predicted molar refractivity (Wildman–Crippen MR) is 77.3 cm³/mol. The zero-order chi connectivity index (χ0) is 14.4. The summed E-state index contributed by atoms with van der Waals surface area (Å²) in [6.07, 6.45) is 11.6. The zero-order valence-corrected chi connectivity index (χ0v) is 12.1. The van der Waals surface area contributed by atoms with Gasteiger partial charge in [0.2, 0.25) is 5.91 Å². The molecule has 0 heterocycles. The van der Waals surface area contributed by atoms with E-state index in [1.54, 1.807) is 0 Å². The minimum Gasteiger partial charge on any atom is -0.481 e. The van der Waals surface area contributed by atoms with E-state index >= 15 is 0 Å². The Bertz CT molecular complexity index is 389. The number of hydrogen-bond acceptors (Lipinski definition) is 2. The van der Waals surface area contributed by atoms with Crippen LogP contribution in [0.15, 0.2) is 11.6 Å². The standard InChI is InChI=1S/C16H25NO3/c18-15(11-12-7-3-1-4-8-12)17-14-10-6-2-5-9-13(14)16(19)20/h7,13-14H,1-6,8-11H2,(H,17,18)(H,19,20)/t13-,14+/m1/s1. The normalized spacial score (nSPS) is 27.3. The molecule has 112 valence electrons. The van der Waals surface area contributed by atoms with E-state index in [2.05, 4.69) is 11.4 Å². The van der Waals surface area contributed by atoms with E-state index < -0.39 is 11.9 Å². The van der Waals surface area contributed by atoms with Gasteiger partial charge in [-0.1, -0.05) is 30.9 Å². The van der Waals surface area contributed by atoms with Crippen molar-refractivity contribution < 1.29 is 14.7 Å². The van der Waals surface area contributed by atoms with Crippen molar-refractivity contribution in [1.29, 1.82) is 0 Å². The van der Waals surface area contributed by atoms with Crippen LogP contribution in [-0.4, -0.2) is 23.0 Å². The minimum absolute atomic E-state index is 0.00343. The maximum absolute atomic E-state index is 12.1. The molecule has 2 atom stereocenters. The third kappa shape index (κ3) is 4.36. The summed E-state index contributed by atoms with van der Waals surface area (Å²) in [5.74, 6) is -1.19. The van der Waals surface area contributed by atoms with Gasteiger partial charge in [0.25, 0.3) is 0 Å². The lowest BCUT2D eigenvalue weighted by atomic mass is 9.93. The number of carbonyl (C=O) groups excluding carboxylic acids is 1. The molecule has 2 aliphatic rings. The number of carbonyl (C=O) groups is 2. The lowest BCUT2D eigenvalue weighted by molar-refractivity contribution is -0.143. The van der Waals surface area contributed by atoms with Gasteiger partial charge in [-0.05, 0) is 38.5 Å². The summed E-state index contributed by atoms with van der Waals surface area (Å²) in [6.45, 7) is 0. The fourth-order valence-corrected chi connectivity index (χ4v) is 3.31. The van der Waals surface area contributed by atoms with Crippen LogP contribution in [0.2, 0.25) is 0 Å². The number of nitrogens with one attached hydrogen (secondary N) is 1. The highest BCUT2D eigenvalue weighted by atomic mass is 16.4. The lowest BCUT2D eigenvalue weighted by Crippen LogP contribution is -2.42. The number of allylic oxidation sites excluding steroid dienone is 1. The van der Waals surface area contributed by atoms with Gasteiger partial charge in [0.1, 0.15) is 0 Å². The molecule has 4 nitrogen and oxygen atoms in total. The molecular formula is C16H25NO3. The van der Waals surface area contributed by atoms with E-state index in [9.17, 15) is 14.7 Å². The van der Waals surface area contributed by atoms with Crippen LogP contribution in [0, 0.1) is 5.92 Å². The van der Waals surface area contributed by atoms with Crippen LogP contribution in [0.25, 0.3) is 0 Å². The van der Waals surface area contributed by atoms with Gasteiger partial charge in [0.15, 0.2) is 0 Å². The predicted octanol–water partition coefficient (Wildman–Crippen LogP) is 3.03. The molecule has 0 bridgehead atoms. The molecule has 2 aliphatic carbocycles. The van der Waals surface area contributed by atoms with E-state index in [-0.39, 0.29) is 11.9 Å². The Labute approximate surface area is 120 Å². The van der Waals surface area contributed by atoms with E-state index in [0.717, 1.165) is 38.5 Å². The third-order valence-electron chi connectivity index (χ3n) is 4.45. The van der Waals surface area contributed by atoms with Gasteiger partial charge in [-0.2, -0.15) is 0 Å². The fraction of sp³-hybridized carbons (Fsp3) is 0.750. The summed E-state index contributed by atoms with van der Waals surface area (Å²) in [5, 5.41) is 12.3. The molecule has 0 aromatic carbocycles. The van der Waals surface area contributed by atoms with Crippen molar-refractivity contribution in [2.75, 3.05) is 0 Å². The van der Waals surface area contributed by atoms with E-state index in [4.69, 9.17) is 0 Å². The van der Waals surface area contributed by atoms with Crippen molar-refractivity contribution in [1.82, 2.24) is 5.32 Å². The zero-order valence-electron chi connectivity index (χ0n) is 12.1. The summed E-state index contributed by atoms with van der Waals surface area (Å²) in [7, 11) is 0. The number of amides is 1. The first kappa shape index (κ1) is 15.1. The van der Waals surface area contributed by atoms with Crippen LogP contribution in [0.5, 0.6) is 0 Å². The van der Waals surface area contributed by atoms with Crippen molar-refractivity contribution >= 4 is 11.9 Å². The Morgan fingerprint density at radius 2 is 1.95 bits per heavy atom. The van der Waals surface area contributed by atoms with Gasteiger partial charge in [-0.25, -0.2) is 0 Å². The van der Waals surface area contributed by atoms with Crippen LogP contribution in [0.4, 0.5) is 0 Å². The number of hydrogen-bond donors (Lipinski definition) is 2. The number of carboxylic acid groups (broad SMARTS) is 1. The highest BCUT2D eigenvalue weighted by Crippen LogP contribution is 2.25. The Morgan fingerprint density at radius 1 is 1.15 bits per heavy atom. The maximum Gasteiger partial charge on any atom is 0.308 e. The number of carboxylic acids is 1. The quantitative estimate of drug-likeness (QED) is 0.614. The highest BCUT2D eigenvalue weighted by Gasteiger charge is 2.30. The monoisotopic (exact) mass is 279 g/mol. The van der Waals surface area contributed by atoms with E-state index in [1.165, 1.54) is 18.4 Å². The van der Waals surface area contributed by atoms with Gasteiger partial charge in [-0.3, -0.25) is 9.59 Å². The van der Waals surface area contributed by atoms with Crippen LogP contribution < -0.4 is 5.32 Å². The largest absolute Gasteiger partial charge is 0.481 e. The van der Waals surface area contributed by atoms with Crippen molar-refractivity contribution in [3.8, 4) is 0 Å². The number of aliphatic carboxylic acids is 1. The maximum atomic E-state index is 12.1. The first-order chi connectivity index (χ1) is 9.66. The van der Waals surface area contributed by atoms with Gasteiger partial charge in [0, 0.05) is 12.5 Å². The molecule has 1 saturated carbocycles. The Morgan fingerprint density at radius 3 is 2.65 bits per heavy atom. The summed E-state index contributed by atoms with van der Waals surface area (Å²) in [6, 6.07) is -0.188. The average molecular weight is 279 g/mol. The minimum atomic E-state index is -0.769. The molecule has 0 spiro atoms. The highest BCUT2D eigenvalue weighted by molar-refractivity contribution is 5.80. The van der Waals surface area contributed by atoms with Crippen molar-refractivity contribution in [3.63, 3.8) is 0 Å². The summed E-state index contributed by atoms with van der Waals surface area (Å²) in [4.78, 5) is 23.4. The van der Waals surface area contributed by atoms with Crippen LogP contribution >= 0.6 is 0 Å². The van der Waals surface area contributed by atoms with Crippen molar-refractivity contribution in [3.05, 3.63) is 11.6 Å². The molecule has 1 amide bonds. The molecular weight excluding hydrogens is 254 g/mol. The molecule has 0 unspecified atom stereocenters. The topological polar surface area (TPSA) is 66.4 Å². The van der Waals surface area contributed by atoms with Gasteiger partial charge in [-0.15, -0.1) is 0 Å². The van der Waals surface area contributed by atoms with Crippen LogP contribution in [-0.2, 0) is 9.59 Å². The first-order valence-electron chi connectivity index (χ1n) is 7.87. The lowest BCUT2D eigenvalue weighted by Gasteiger charge is -2.23. The summed E-state index contributed by atoms with van der Waals surface area (Å²) in [5.41, 5.74) is 1.22. The summed E-state index contributed by atoms with van der Waals surface area (Å²) < 4.78 is 0. The third-order valence-corrected chi connectivity index (χ3v) is 4.45. The van der Waals surface area contributed by atoms with Crippen molar-refractivity contribution in [2.24, 2.45) is 5.92 Å². The molecule has 0 aliphatic heterocycles. The second-order valence-electron chi connectivity index (χ2n) is 6.04. The van der Waals surface area contributed by atoms with Crippen LogP contribution in [0.3, 0.4) is 0 Å². The van der Waals surface area contributed by atoms with Crippen LogP contribution in [0.1, 0.15) is 64.2 Å². The van der Waals surface area contributed by atoms with E-state index in [0.29, 0.717) is 12.8 Å². The van der Waals surface area contributed by atoms with Gasteiger partial charge < -0.3 is 10.4 Å². The molecule has 0 aromatic heterocycles. The van der Waals surface area contributed by atoms with E-state index in [1.807, 2.05) is 0 Å². The molecule has 1 fully saturated rings. The Balaban J connectivity index is 1.90. The molecule has 4 heteroatoms. The molecule has 0 aromatic rings. The second kappa shape index (κ2) is 7.46. The molecule has 20 heavy (non-hydrogen) atoms. The molecule has 0 radical (unpaired) electrons. The smallest absolute Gasteiger partial charge is 0.308 e. The Hall–Kier alpha value is -1.32. The average Bonchev–Trinajstić information content (AvgIpc) is 2.65. The van der Waals surface area contributed by atoms with Crippen molar-refractivity contribution in [2.45, 2.75) is 70.3 Å². The first-order valence-corrected chi connectivity index (χ1v) is 7.87. The fourth-order valence-electron chi connectivity index (χ4n) is 3.31.